The summed E-state index contributed by atoms with van der Waals surface area (Å²) in [6.07, 6.45) is 14.9. The quantitative estimate of drug-likeness (QED) is 0.433. The van der Waals surface area contributed by atoms with E-state index < -0.39 is 11.6 Å². The molecular weight excluding hydrogens is 358 g/mol. The Hall–Kier alpha value is -2.90. The van der Waals surface area contributed by atoms with E-state index in [4.69, 9.17) is 15.9 Å². The molecule has 1 aromatic rings. The Morgan fingerprint density at radius 3 is 2.79 bits per heavy atom. The maximum Gasteiger partial charge on any atom is 0.139 e. The minimum Gasteiger partial charge on any atom is -0.488 e. The van der Waals surface area contributed by atoms with Crippen LogP contribution in [0.15, 0.2) is 60.5 Å². The Balaban J connectivity index is 1.88. The average molecular weight is 379 g/mol. The first kappa shape index (κ1) is 19.9. The first-order chi connectivity index (χ1) is 13.5. The van der Waals surface area contributed by atoms with Crippen molar-refractivity contribution in [1.29, 1.82) is 0 Å². The van der Waals surface area contributed by atoms with Gasteiger partial charge in [-0.25, -0.2) is 8.78 Å². The summed E-state index contributed by atoms with van der Waals surface area (Å²) in [4.78, 5) is 0. The van der Waals surface area contributed by atoms with E-state index in [2.05, 4.69) is 19.1 Å². The molecule has 0 saturated carbocycles. The second kappa shape index (κ2) is 8.86. The average Bonchev–Trinajstić information content (AvgIpc) is 3.34. The Morgan fingerprint density at radius 2 is 2.18 bits per heavy atom. The molecular formula is C24H21F2O2. The number of rotatable bonds is 8. The number of hydrogen-bond acceptors (Lipinski definition) is 2. The van der Waals surface area contributed by atoms with Crippen molar-refractivity contribution < 1.29 is 18.3 Å². The third-order valence-corrected chi connectivity index (χ3v) is 4.44. The van der Waals surface area contributed by atoms with E-state index in [1.165, 1.54) is 18.2 Å². The lowest BCUT2D eigenvalue weighted by Crippen LogP contribution is -2.16. The van der Waals surface area contributed by atoms with Gasteiger partial charge in [-0.15, -0.1) is 6.42 Å². The van der Waals surface area contributed by atoms with E-state index in [0.717, 1.165) is 17.6 Å². The molecule has 1 radical (unpaired) electrons. The molecule has 4 heteroatoms. The molecule has 28 heavy (non-hydrogen) atoms. The maximum atomic E-state index is 14.8. The second-order valence-electron chi connectivity index (χ2n) is 6.62. The van der Waals surface area contributed by atoms with Crippen molar-refractivity contribution in [2.75, 3.05) is 13.2 Å². The molecule has 0 bridgehead atoms. The Morgan fingerprint density at radius 1 is 1.39 bits per heavy atom. The highest BCUT2D eigenvalue weighted by Gasteiger charge is 2.20. The van der Waals surface area contributed by atoms with Gasteiger partial charge in [0.05, 0.1) is 18.8 Å². The molecule has 1 heterocycles. The number of hydrogen-bond donors (Lipinski definition) is 0. The predicted molar refractivity (Wildman–Crippen MR) is 108 cm³/mol. The van der Waals surface area contributed by atoms with Gasteiger partial charge in [0, 0.05) is 24.5 Å². The van der Waals surface area contributed by atoms with Crippen molar-refractivity contribution in [1.82, 2.24) is 0 Å². The van der Waals surface area contributed by atoms with Gasteiger partial charge in [-0.05, 0) is 24.1 Å². The molecule has 1 aromatic carbocycles. The lowest BCUT2D eigenvalue weighted by molar-refractivity contribution is 0.141. The zero-order chi connectivity index (χ0) is 20.1. The molecule has 0 spiro atoms. The zero-order valence-electron chi connectivity index (χ0n) is 15.5. The summed E-state index contributed by atoms with van der Waals surface area (Å²) < 4.78 is 40.6. The predicted octanol–water partition coefficient (Wildman–Crippen LogP) is 5.60. The summed E-state index contributed by atoms with van der Waals surface area (Å²) in [7, 11) is 0. The molecule has 1 unspecified atom stereocenters. The summed E-state index contributed by atoms with van der Waals surface area (Å²) in [5.41, 5.74) is 2.06. The lowest BCUT2D eigenvalue weighted by Gasteiger charge is -2.15. The highest BCUT2D eigenvalue weighted by atomic mass is 19.1. The van der Waals surface area contributed by atoms with Crippen molar-refractivity contribution in [2.24, 2.45) is 0 Å². The van der Waals surface area contributed by atoms with Crippen LogP contribution in [-0.4, -0.2) is 19.3 Å². The standard InChI is InChI=1S/C24H21F2O2/c1-4-18-13-20(28-19-10-11-27-15-19)14-23(26)24(18)21(5-2)22(25)9-6-16(3)12-17-7-8-17/h2,4,6-9,13-14,19H,1,3,10-12,15H2/b9-6-,22-21-. The topological polar surface area (TPSA) is 18.5 Å². The first-order valence-electron chi connectivity index (χ1n) is 8.98. The van der Waals surface area contributed by atoms with Crippen LogP contribution in [0.5, 0.6) is 5.75 Å². The first-order valence-corrected chi connectivity index (χ1v) is 8.98. The smallest absolute Gasteiger partial charge is 0.139 e. The van der Waals surface area contributed by atoms with Crippen LogP contribution in [0.2, 0.25) is 0 Å². The van der Waals surface area contributed by atoms with Crippen molar-refractivity contribution >= 4 is 11.6 Å². The molecule has 1 atom stereocenters. The Kier molecular flexibility index (Phi) is 6.28. The van der Waals surface area contributed by atoms with Crippen LogP contribution < -0.4 is 4.74 Å². The summed E-state index contributed by atoms with van der Waals surface area (Å²) in [6.45, 7) is 8.64. The minimum absolute atomic E-state index is 0.0153. The van der Waals surface area contributed by atoms with Gasteiger partial charge in [0.25, 0.3) is 0 Å². The molecule has 143 valence electrons. The number of terminal acetylenes is 1. The maximum absolute atomic E-state index is 14.8. The highest BCUT2D eigenvalue weighted by molar-refractivity contribution is 5.86. The van der Waals surface area contributed by atoms with Crippen LogP contribution in [-0.2, 0) is 4.74 Å². The SMILES string of the molecule is C#C/C(=C(F)\C=C/C(=C)CC1=C[CH]1)c1c(F)cc(OC2CCOC2)cc1C=C. The minimum atomic E-state index is -0.711. The normalized spacial score (nSPS) is 19.0. The van der Waals surface area contributed by atoms with Crippen molar-refractivity contribution in [2.45, 2.75) is 18.9 Å². The van der Waals surface area contributed by atoms with E-state index in [0.29, 0.717) is 30.9 Å². The third kappa shape index (κ3) is 4.88. The fourth-order valence-corrected chi connectivity index (χ4v) is 2.93. The fourth-order valence-electron chi connectivity index (χ4n) is 2.93. The van der Waals surface area contributed by atoms with Crippen LogP contribution in [0.4, 0.5) is 8.78 Å². The largest absolute Gasteiger partial charge is 0.488 e. The van der Waals surface area contributed by atoms with Gasteiger partial charge in [-0.1, -0.05) is 48.5 Å². The van der Waals surface area contributed by atoms with Crippen LogP contribution in [0.25, 0.3) is 11.6 Å². The molecule has 2 aliphatic rings. The van der Waals surface area contributed by atoms with Gasteiger partial charge in [-0.3, -0.25) is 0 Å². The molecule has 0 amide bonds. The van der Waals surface area contributed by atoms with E-state index in [9.17, 15) is 8.78 Å². The number of allylic oxidation sites excluding steroid dienone is 7. The molecule has 1 saturated heterocycles. The third-order valence-electron chi connectivity index (χ3n) is 4.44. The summed E-state index contributed by atoms with van der Waals surface area (Å²) in [5, 5.41) is 0. The van der Waals surface area contributed by atoms with Crippen molar-refractivity contribution in [3.63, 3.8) is 0 Å². The molecule has 0 aromatic heterocycles. The van der Waals surface area contributed by atoms with Crippen LogP contribution >= 0.6 is 0 Å². The van der Waals surface area contributed by atoms with Gasteiger partial charge < -0.3 is 9.47 Å². The fraction of sp³-hybridized carbons (Fsp3) is 0.208. The summed E-state index contributed by atoms with van der Waals surface area (Å²) in [5.74, 6) is 1.22. The molecule has 3 rings (SSSR count). The highest BCUT2D eigenvalue weighted by Crippen LogP contribution is 2.32. The monoisotopic (exact) mass is 379 g/mol. The summed E-state index contributed by atoms with van der Waals surface area (Å²) in [6, 6.07) is 2.82. The van der Waals surface area contributed by atoms with Crippen LogP contribution in [0, 0.1) is 24.6 Å². The van der Waals surface area contributed by atoms with Gasteiger partial charge in [0.1, 0.15) is 23.5 Å². The molecule has 2 nitrogen and oxygen atoms in total. The van der Waals surface area contributed by atoms with Crippen LogP contribution in [0.1, 0.15) is 24.0 Å². The van der Waals surface area contributed by atoms with E-state index in [-0.39, 0.29) is 17.2 Å². The number of benzene rings is 1. The van der Waals surface area contributed by atoms with Gasteiger partial charge >= 0.3 is 0 Å². The van der Waals surface area contributed by atoms with Crippen molar-refractivity contribution in [3.8, 4) is 18.1 Å². The zero-order valence-corrected chi connectivity index (χ0v) is 15.5. The molecule has 1 aliphatic carbocycles. The Labute approximate surface area is 164 Å². The van der Waals surface area contributed by atoms with Gasteiger partial charge in [-0.2, -0.15) is 0 Å². The summed E-state index contributed by atoms with van der Waals surface area (Å²) >= 11 is 0. The number of ether oxygens (including phenoxy) is 2. The molecule has 0 N–H and O–H groups in total. The second-order valence-corrected chi connectivity index (χ2v) is 6.62. The lowest BCUT2D eigenvalue weighted by atomic mass is 9.97. The molecule has 1 fully saturated rings. The van der Waals surface area contributed by atoms with E-state index >= 15 is 0 Å². The molecule has 1 aliphatic heterocycles. The van der Waals surface area contributed by atoms with Crippen LogP contribution in [0.3, 0.4) is 0 Å². The van der Waals surface area contributed by atoms with E-state index in [1.807, 2.05) is 12.5 Å². The van der Waals surface area contributed by atoms with Gasteiger partial charge in [0.15, 0.2) is 0 Å². The Bertz CT molecular complexity index is 923. The van der Waals surface area contributed by atoms with E-state index in [1.54, 1.807) is 12.1 Å². The van der Waals surface area contributed by atoms with Crippen molar-refractivity contribution in [3.05, 3.63) is 83.9 Å². The van der Waals surface area contributed by atoms with Gasteiger partial charge in [0.2, 0.25) is 0 Å². The number of halogens is 2.